The topological polar surface area (TPSA) is 59.7 Å². The number of methoxy groups -OCH3 is 1. The van der Waals surface area contributed by atoms with Gasteiger partial charge in [-0.2, -0.15) is 5.10 Å². The van der Waals surface area contributed by atoms with Crippen LogP contribution in [-0.2, 0) is 0 Å². The highest BCUT2D eigenvalue weighted by Crippen LogP contribution is 2.28. The third-order valence-electron chi connectivity index (χ3n) is 5.74. The molecule has 1 aliphatic heterocycles. The fourth-order valence-electron chi connectivity index (χ4n) is 4.06. The second kappa shape index (κ2) is 8.22. The molecule has 1 fully saturated rings. The second-order valence-electron chi connectivity index (χ2n) is 7.77. The van der Waals surface area contributed by atoms with Crippen LogP contribution in [0.3, 0.4) is 0 Å². The molecule has 1 saturated heterocycles. The van der Waals surface area contributed by atoms with E-state index in [1.807, 2.05) is 65.6 Å². The highest BCUT2D eigenvalue weighted by molar-refractivity contribution is 5.93. The molecule has 6 heteroatoms. The summed E-state index contributed by atoms with van der Waals surface area (Å²) in [4.78, 5) is 19.8. The fourth-order valence-corrected chi connectivity index (χ4v) is 4.06. The number of amides is 1. The number of piperidine rings is 1. The van der Waals surface area contributed by atoms with Gasteiger partial charge in [0, 0.05) is 30.3 Å². The first-order chi connectivity index (χ1) is 15.2. The van der Waals surface area contributed by atoms with Crippen molar-refractivity contribution < 1.29 is 9.53 Å². The number of nitrogens with zero attached hydrogens (tertiary/aromatic N) is 4. The second-order valence-corrected chi connectivity index (χ2v) is 7.77. The van der Waals surface area contributed by atoms with E-state index >= 15 is 0 Å². The number of aromatic nitrogens is 3. The summed E-state index contributed by atoms with van der Waals surface area (Å²) in [6.07, 6.45) is 3.28. The van der Waals surface area contributed by atoms with Crippen LogP contribution >= 0.6 is 0 Å². The van der Waals surface area contributed by atoms with E-state index in [2.05, 4.69) is 5.10 Å². The van der Waals surface area contributed by atoms with E-state index in [0.717, 1.165) is 54.2 Å². The average molecular weight is 412 g/mol. The molecule has 0 spiro atoms. The monoisotopic (exact) mass is 412 g/mol. The molecule has 0 unspecified atom stereocenters. The van der Waals surface area contributed by atoms with Gasteiger partial charge in [-0.15, -0.1) is 0 Å². The molecule has 0 saturated carbocycles. The summed E-state index contributed by atoms with van der Waals surface area (Å²) in [5.74, 6) is 0.780. The summed E-state index contributed by atoms with van der Waals surface area (Å²) in [6.45, 7) is 1.59. The summed E-state index contributed by atoms with van der Waals surface area (Å²) in [5, 5.41) is 4.67. The molecule has 0 aliphatic carbocycles. The minimum absolute atomic E-state index is 0.0183. The van der Waals surface area contributed by atoms with Gasteiger partial charge in [-0.1, -0.05) is 30.3 Å². The Bertz CT molecular complexity index is 1210. The Labute approximate surface area is 181 Å². The van der Waals surface area contributed by atoms with Crippen LogP contribution in [0.5, 0.6) is 5.75 Å². The predicted octanol–water partition coefficient (Wildman–Crippen LogP) is 4.70. The lowest BCUT2D eigenvalue weighted by Gasteiger charge is -2.25. The molecule has 4 aromatic rings. The van der Waals surface area contributed by atoms with Crippen molar-refractivity contribution in [2.24, 2.45) is 0 Å². The molecule has 5 rings (SSSR count). The van der Waals surface area contributed by atoms with Gasteiger partial charge in [0.2, 0.25) is 0 Å². The Kier molecular flexibility index (Phi) is 5.12. The van der Waals surface area contributed by atoms with Gasteiger partial charge < -0.3 is 9.64 Å². The zero-order valence-corrected chi connectivity index (χ0v) is 17.5. The third kappa shape index (κ3) is 3.77. The van der Waals surface area contributed by atoms with Gasteiger partial charge in [0.25, 0.3) is 5.91 Å². The van der Waals surface area contributed by atoms with Crippen molar-refractivity contribution in [1.29, 1.82) is 0 Å². The lowest BCUT2D eigenvalue weighted by Crippen LogP contribution is -2.35. The summed E-state index contributed by atoms with van der Waals surface area (Å²) in [6, 6.07) is 21.7. The number of carbonyl (C=O) groups excluding carboxylic acids is 1. The van der Waals surface area contributed by atoms with E-state index in [0.29, 0.717) is 11.3 Å². The van der Waals surface area contributed by atoms with Crippen molar-refractivity contribution in [1.82, 2.24) is 19.5 Å². The molecule has 0 N–H and O–H groups in total. The van der Waals surface area contributed by atoms with Crippen molar-refractivity contribution in [3.8, 4) is 28.3 Å². The molecule has 0 radical (unpaired) electrons. The van der Waals surface area contributed by atoms with E-state index in [1.165, 1.54) is 6.42 Å². The lowest BCUT2D eigenvalue weighted by atomic mass is 10.1. The summed E-state index contributed by atoms with van der Waals surface area (Å²) < 4.78 is 7.06. The Hall–Kier alpha value is -3.67. The molecular formula is C25H24N4O2. The van der Waals surface area contributed by atoms with Crippen LogP contribution in [-0.4, -0.2) is 45.6 Å². The molecule has 3 heterocycles. The van der Waals surface area contributed by atoms with Crippen LogP contribution in [0.25, 0.3) is 28.2 Å². The Morgan fingerprint density at radius 3 is 2.35 bits per heavy atom. The Morgan fingerprint density at radius 1 is 0.903 bits per heavy atom. The molecule has 1 aliphatic rings. The van der Waals surface area contributed by atoms with Crippen LogP contribution in [0.15, 0.2) is 66.7 Å². The zero-order valence-electron chi connectivity index (χ0n) is 17.5. The Morgan fingerprint density at radius 2 is 1.65 bits per heavy atom. The highest BCUT2D eigenvalue weighted by atomic mass is 16.5. The summed E-state index contributed by atoms with van der Waals surface area (Å²) in [7, 11) is 1.65. The van der Waals surface area contributed by atoms with Crippen LogP contribution in [0, 0.1) is 0 Å². The van der Waals surface area contributed by atoms with E-state index in [9.17, 15) is 4.79 Å². The number of fused-ring (bicyclic) bond motifs is 1. The van der Waals surface area contributed by atoms with Gasteiger partial charge in [0.05, 0.1) is 18.5 Å². The largest absolute Gasteiger partial charge is 0.497 e. The molecule has 31 heavy (non-hydrogen) atoms. The number of hydrogen-bond acceptors (Lipinski definition) is 4. The van der Waals surface area contributed by atoms with E-state index in [-0.39, 0.29) is 5.91 Å². The van der Waals surface area contributed by atoms with Gasteiger partial charge in [-0.05, 0) is 49.6 Å². The first-order valence-corrected chi connectivity index (χ1v) is 10.6. The number of ether oxygens (including phenoxy) is 1. The van der Waals surface area contributed by atoms with Crippen LogP contribution in [0.2, 0.25) is 0 Å². The molecule has 1 amide bonds. The SMILES string of the molecule is COc1ccc(-c2cc(-c3ccccc3)n3nc(C(=O)N4CCCCC4)cc3n2)cc1. The molecule has 0 bridgehead atoms. The van der Waals surface area contributed by atoms with Crippen molar-refractivity contribution in [2.45, 2.75) is 19.3 Å². The van der Waals surface area contributed by atoms with Crippen molar-refractivity contribution in [3.05, 3.63) is 72.4 Å². The fraction of sp³-hybridized carbons (Fsp3) is 0.240. The number of rotatable bonds is 4. The smallest absolute Gasteiger partial charge is 0.274 e. The molecule has 2 aromatic heterocycles. The number of likely N-dealkylation sites (tertiary alicyclic amines) is 1. The maximum Gasteiger partial charge on any atom is 0.274 e. The van der Waals surface area contributed by atoms with Crippen LogP contribution < -0.4 is 4.74 Å². The maximum absolute atomic E-state index is 13.1. The third-order valence-corrected chi connectivity index (χ3v) is 5.74. The van der Waals surface area contributed by atoms with Gasteiger partial charge in [0.1, 0.15) is 5.75 Å². The molecule has 2 aromatic carbocycles. The van der Waals surface area contributed by atoms with Crippen molar-refractivity contribution >= 4 is 11.6 Å². The predicted molar refractivity (Wildman–Crippen MR) is 120 cm³/mol. The van der Waals surface area contributed by atoms with Crippen LogP contribution in [0.4, 0.5) is 0 Å². The van der Waals surface area contributed by atoms with Gasteiger partial charge in [0.15, 0.2) is 11.3 Å². The quantitative estimate of drug-likeness (QED) is 0.488. The molecular weight excluding hydrogens is 388 g/mol. The van der Waals surface area contributed by atoms with Crippen molar-refractivity contribution in [3.63, 3.8) is 0 Å². The zero-order chi connectivity index (χ0) is 21.2. The number of benzene rings is 2. The minimum atomic E-state index is -0.0183. The van der Waals surface area contributed by atoms with E-state index < -0.39 is 0 Å². The molecule has 0 atom stereocenters. The number of carbonyl (C=O) groups is 1. The van der Waals surface area contributed by atoms with E-state index in [1.54, 1.807) is 17.7 Å². The normalized spacial score (nSPS) is 14.0. The molecule has 156 valence electrons. The van der Waals surface area contributed by atoms with Crippen molar-refractivity contribution in [2.75, 3.05) is 20.2 Å². The lowest BCUT2D eigenvalue weighted by molar-refractivity contribution is 0.0718. The van der Waals surface area contributed by atoms with Gasteiger partial charge >= 0.3 is 0 Å². The summed E-state index contributed by atoms with van der Waals surface area (Å²) in [5.41, 5.74) is 4.82. The van der Waals surface area contributed by atoms with E-state index in [4.69, 9.17) is 9.72 Å². The minimum Gasteiger partial charge on any atom is -0.497 e. The standard InChI is InChI=1S/C25H24N4O2/c1-31-20-12-10-18(11-13-20)21-16-23(19-8-4-2-5-9-19)29-24(26-21)17-22(27-29)25(30)28-14-6-3-7-15-28/h2,4-5,8-13,16-17H,3,6-7,14-15H2,1H3. The maximum atomic E-state index is 13.1. The first kappa shape index (κ1) is 19.3. The Balaban J connectivity index is 1.63. The average Bonchev–Trinajstić information content (AvgIpc) is 3.28. The molecule has 6 nitrogen and oxygen atoms in total. The number of hydrogen-bond donors (Lipinski definition) is 0. The first-order valence-electron chi connectivity index (χ1n) is 10.6. The van der Waals surface area contributed by atoms with Gasteiger partial charge in [-0.25, -0.2) is 9.50 Å². The van der Waals surface area contributed by atoms with Gasteiger partial charge in [-0.3, -0.25) is 4.79 Å². The highest BCUT2D eigenvalue weighted by Gasteiger charge is 2.22. The van der Waals surface area contributed by atoms with Crippen LogP contribution in [0.1, 0.15) is 29.8 Å². The summed E-state index contributed by atoms with van der Waals surface area (Å²) >= 11 is 0.